The van der Waals surface area contributed by atoms with Crippen LogP contribution in [-0.4, -0.2) is 28.3 Å². The first-order valence-electron chi connectivity index (χ1n) is 12.7. The number of thiazole rings is 1. The maximum Gasteiger partial charge on any atom is 0.338 e. The van der Waals surface area contributed by atoms with Crippen molar-refractivity contribution < 1.29 is 14.3 Å². The van der Waals surface area contributed by atoms with Crippen LogP contribution >= 0.6 is 39.0 Å². The Morgan fingerprint density at radius 1 is 1.08 bits per heavy atom. The zero-order valence-electron chi connectivity index (χ0n) is 20.3. The quantitative estimate of drug-likeness (QED) is 0.345. The van der Waals surface area contributed by atoms with Crippen molar-refractivity contribution in [2.75, 3.05) is 11.9 Å². The standard InChI is InChI=1S/C28H27BrN2O4S2/c1-2-35-27(33)16-7-11-20(12-8-16)30-21(32)14-31-26-25(37-28(31)34)22(15-5-9-19(29)10-6-15)23-17-3-4-18(13-17)24(23)36-26/h5-12,17-18,22-24H,2-4,13-14H2,1H3,(H,30,32). The van der Waals surface area contributed by atoms with Crippen LogP contribution in [0.25, 0.3) is 0 Å². The van der Waals surface area contributed by atoms with Gasteiger partial charge >= 0.3 is 10.8 Å². The summed E-state index contributed by atoms with van der Waals surface area (Å²) in [6.45, 7) is 2.03. The molecule has 192 valence electrons. The number of aromatic nitrogens is 1. The van der Waals surface area contributed by atoms with Gasteiger partial charge in [-0.25, -0.2) is 4.79 Å². The Morgan fingerprint density at radius 2 is 1.81 bits per heavy atom. The number of hydrogen-bond donors (Lipinski definition) is 1. The molecule has 3 aliphatic rings. The molecule has 5 unspecified atom stereocenters. The minimum Gasteiger partial charge on any atom is -0.462 e. The number of carbonyl (C=O) groups excluding carboxylic acids is 2. The molecule has 1 amide bonds. The van der Waals surface area contributed by atoms with Gasteiger partial charge < -0.3 is 10.1 Å². The number of fused-ring (bicyclic) bond motifs is 6. The number of ether oxygens (including phenoxy) is 1. The molecule has 1 aliphatic heterocycles. The Balaban J connectivity index is 1.27. The third-order valence-corrected chi connectivity index (χ3v) is 11.3. The first-order chi connectivity index (χ1) is 17.9. The lowest BCUT2D eigenvalue weighted by molar-refractivity contribution is -0.116. The van der Waals surface area contributed by atoms with Crippen LogP contribution in [0.2, 0.25) is 0 Å². The molecular weight excluding hydrogens is 572 g/mol. The number of nitrogens with one attached hydrogen (secondary N) is 1. The van der Waals surface area contributed by atoms with Crippen LogP contribution < -0.4 is 10.2 Å². The molecule has 1 aromatic heterocycles. The predicted molar refractivity (Wildman–Crippen MR) is 150 cm³/mol. The highest BCUT2D eigenvalue weighted by Gasteiger charge is 2.55. The Bertz CT molecular complexity index is 1400. The number of amides is 1. The van der Waals surface area contributed by atoms with Crippen molar-refractivity contribution in [1.82, 2.24) is 4.57 Å². The monoisotopic (exact) mass is 598 g/mol. The molecule has 2 bridgehead atoms. The van der Waals surface area contributed by atoms with Gasteiger partial charge in [0.05, 0.1) is 17.2 Å². The van der Waals surface area contributed by atoms with Crippen molar-refractivity contribution >= 4 is 56.6 Å². The van der Waals surface area contributed by atoms with Crippen LogP contribution in [0.4, 0.5) is 5.69 Å². The predicted octanol–water partition coefficient (Wildman–Crippen LogP) is 6.14. The van der Waals surface area contributed by atoms with Gasteiger partial charge in [0.2, 0.25) is 5.91 Å². The summed E-state index contributed by atoms with van der Waals surface area (Å²) >= 11 is 6.69. The summed E-state index contributed by atoms with van der Waals surface area (Å²) in [5.74, 6) is 1.46. The smallest absolute Gasteiger partial charge is 0.338 e. The molecule has 6 nitrogen and oxygen atoms in total. The number of esters is 1. The molecule has 1 N–H and O–H groups in total. The largest absolute Gasteiger partial charge is 0.462 e. The van der Waals surface area contributed by atoms with Gasteiger partial charge in [0.25, 0.3) is 0 Å². The number of halogens is 1. The number of carbonyl (C=O) groups is 2. The van der Waals surface area contributed by atoms with Crippen molar-refractivity contribution in [1.29, 1.82) is 0 Å². The third kappa shape index (κ3) is 4.59. The minimum atomic E-state index is -0.395. The van der Waals surface area contributed by atoms with Crippen molar-refractivity contribution in [3.8, 4) is 0 Å². The van der Waals surface area contributed by atoms with E-state index >= 15 is 0 Å². The fraction of sp³-hybridized carbons (Fsp3) is 0.393. The van der Waals surface area contributed by atoms with Crippen molar-refractivity contribution in [3.63, 3.8) is 0 Å². The molecule has 2 aliphatic carbocycles. The SMILES string of the molecule is CCOC(=O)c1ccc(NC(=O)Cn2c3c(sc2=O)C(c2ccc(Br)cc2)C2C4CCC(C4)C2S3)cc1. The summed E-state index contributed by atoms with van der Waals surface area (Å²) < 4.78 is 7.72. The molecule has 0 saturated heterocycles. The Kier molecular flexibility index (Phi) is 6.79. The molecule has 2 aromatic carbocycles. The average molecular weight is 600 g/mol. The fourth-order valence-electron chi connectivity index (χ4n) is 6.38. The maximum atomic E-state index is 13.2. The molecule has 6 rings (SSSR count). The first-order valence-corrected chi connectivity index (χ1v) is 15.1. The van der Waals surface area contributed by atoms with Gasteiger partial charge in [-0.2, -0.15) is 0 Å². The lowest BCUT2D eigenvalue weighted by atomic mass is 9.75. The second kappa shape index (κ2) is 10.1. The molecule has 3 aromatic rings. The lowest BCUT2D eigenvalue weighted by Crippen LogP contribution is -2.34. The summed E-state index contributed by atoms with van der Waals surface area (Å²) in [7, 11) is 0. The van der Waals surface area contributed by atoms with Gasteiger partial charge in [0.15, 0.2) is 0 Å². The van der Waals surface area contributed by atoms with Gasteiger partial charge in [-0.15, -0.1) is 11.8 Å². The van der Waals surface area contributed by atoms with E-state index in [0.29, 0.717) is 40.9 Å². The van der Waals surface area contributed by atoms with Gasteiger partial charge in [-0.1, -0.05) is 39.4 Å². The molecule has 0 radical (unpaired) electrons. The van der Waals surface area contributed by atoms with Crippen molar-refractivity contribution in [3.05, 3.63) is 78.7 Å². The number of hydrogen-bond acceptors (Lipinski definition) is 6. The minimum absolute atomic E-state index is 0.0319. The van der Waals surface area contributed by atoms with E-state index in [2.05, 4.69) is 45.5 Å². The second-order valence-electron chi connectivity index (χ2n) is 9.99. The molecule has 37 heavy (non-hydrogen) atoms. The summed E-state index contributed by atoms with van der Waals surface area (Å²) in [4.78, 5) is 39.2. The van der Waals surface area contributed by atoms with Gasteiger partial charge in [0.1, 0.15) is 6.54 Å². The molecule has 9 heteroatoms. The lowest BCUT2D eigenvalue weighted by Gasteiger charge is -2.40. The fourth-order valence-corrected chi connectivity index (χ4v) is 9.79. The Morgan fingerprint density at radius 3 is 2.54 bits per heavy atom. The van der Waals surface area contributed by atoms with E-state index in [4.69, 9.17) is 4.74 Å². The van der Waals surface area contributed by atoms with Crippen molar-refractivity contribution in [2.45, 2.75) is 48.9 Å². The number of benzene rings is 2. The van der Waals surface area contributed by atoms with Gasteiger partial charge in [0, 0.05) is 26.2 Å². The Hall–Kier alpha value is -2.36. The number of nitrogens with zero attached hydrogens (tertiary/aromatic N) is 1. The summed E-state index contributed by atoms with van der Waals surface area (Å²) in [6, 6.07) is 15.1. The zero-order chi connectivity index (χ0) is 25.7. The van der Waals surface area contributed by atoms with Crippen LogP contribution in [0.15, 0.2) is 62.8 Å². The van der Waals surface area contributed by atoms with E-state index in [1.54, 1.807) is 35.8 Å². The average Bonchev–Trinajstić information content (AvgIpc) is 3.58. The van der Waals surface area contributed by atoms with Crippen LogP contribution in [0, 0.1) is 17.8 Å². The molecule has 2 saturated carbocycles. The van der Waals surface area contributed by atoms with E-state index in [1.807, 2.05) is 11.8 Å². The van der Waals surface area contributed by atoms with E-state index in [0.717, 1.165) is 14.4 Å². The summed E-state index contributed by atoms with van der Waals surface area (Å²) in [6.07, 6.45) is 3.82. The number of anilines is 1. The second-order valence-corrected chi connectivity index (χ2v) is 13.1. The van der Waals surface area contributed by atoms with Crippen LogP contribution in [0.1, 0.15) is 52.9 Å². The molecular formula is C28H27BrN2O4S2. The molecule has 5 atom stereocenters. The normalized spacial score (nSPS) is 25.4. The third-order valence-electron chi connectivity index (χ3n) is 7.90. The molecule has 2 fully saturated rings. The first kappa shape index (κ1) is 24.9. The van der Waals surface area contributed by atoms with Gasteiger partial charge in [-0.05, 0) is 85.9 Å². The van der Waals surface area contributed by atoms with Crippen LogP contribution in [-0.2, 0) is 16.1 Å². The van der Waals surface area contributed by atoms with E-state index in [-0.39, 0.29) is 23.2 Å². The number of thioether (sulfide) groups is 1. The summed E-state index contributed by atoms with van der Waals surface area (Å²) in [5, 5.41) is 4.32. The summed E-state index contributed by atoms with van der Waals surface area (Å²) in [5.41, 5.74) is 2.26. The molecule has 2 heterocycles. The van der Waals surface area contributed by atoms with E-state index < -0.39 is 5.97 Å². The maximum absolute atomic E-state index is 13.2. The van der Waals surface area contributed by atoms with E-state index in [9.17, 15) is 14.4 Å². The highest BCUT2D eigenvalue weighted by Crippen LogP contribution is 2.64. The zero-order valence-corrected chi connectivity index (χ0v) is 23.5. The van der Waals surface area contributed by atoms with E-state index in [1.165, 1.54) is 36.2 Å². The van der Waals surface area contributed by atoms with Crippen LogP contribution in [0.5, 0.6) is 0 Å². The van der Waals surface area contributed by atoms with Crippen LogP contribution in [0.3, 0.4) is 0 Å². The topological polar surface area (TPSA) is 77.4 Å². The molecule has 0 spiro atoms. The number of rotatable bonds is 6. The van der Waals surface area contributed by atoms with Crippen molar-refractivity contribution in [2.24, 2.45) is 17.8 Å². The van der Waals surface area contributed by atoms with Gasteiger partial charge in [-0.3, -0.25) is 14.2 Å². The highest BCUT2D eigenvalue weighted by molar-refractivity contribution is 9.10. The Labute approximate surface area is 231 Å². The highest BCUT2D eigenvalue weighted by atomic mass is 79.9.